The molecule has 1 unspecified atom stereocenters. The van der Waals surface area contributed by atoms with Crippen molar-refractivity contribution in [3.8, 4) is 11.5 Å². The molecule has 1 aromatic rings. The molecule has 1 aromatic carbocycles. The van der Waals surface area contributed by atoms with E-state index in [4.69, 9.17) is 14.2 Å². The van der Waals surface area contributed by atoms with Crippen LogP contribution < -0.4 is 20.1 Å². The minimum Gasteiger partial charge on any atom is -0.493 e. The van der Waals surface area contributed by atoms with Crippen molar-refractivity contribution in [2.45, 2.75) is 52.2 Å². The van der Waals surface area contributed by atoms with Gasteiger partial charge in [-0.15, -0.1) is 0 Å². The number of carbonyl (C=O) groups excluding carboxylic acids is 1. The Bertz CT molecular complexity index is 725. The van der Waals surface area contributed by atoms with Crippen molar-refractivity contribution in [3.63, 3.8) is 0 Å². The molecule has 1 fully saturated rings. The molecule has 1 amide bonds. The normalized spacial score (nSPS) is 16.5. The highest BCUT2D eigenvalue weighted by atomic mass is 16.6. The zero-order chi connectivity index (χ0) is 22.9. The molecule has 0 aliphatic carbocycles. The highest BCUT2D eigenvalue weighted by Gasteiger charge is 2.26. The Morgan fingerprint density at radius 3 is 2.42 bits per heavy atom. The summed E-state index contributed by atoms with van der Waals surface area (Å²) < 4.78 is 16.8. The third kappa shape index (κ3) is 8.55. The smallest absolute Gasteiger partial charge is 0.410 e. The summed E-state index contributed by atoms with van der Waals surface area (Å²) in [6.07, 6.45) is 1.60. The Labute approximate surface area is 186 Å². The highest BCUT2D eigenvalue weighted by Crippen LogP contribution is 2.26. The van der Waals surface area contributed by atoms with Crippen LogP contribution in [-0.2, 0) is 4.74 Å². The summed E-state index contributed by atoms with van der Waals surface area (Å²) in [4.78, 5) is 18.3. The molecule has 1 aliphatic heterocycles. The molecular formula is C23H38N4O4. The van der Waals surface area contributed by atoms with E-state index in [-0.39, 0.29) is 12.2 Å². The van der Waals surface area contributed by atoms with Crippen molar-refractivity contribution >= 4 is 12.1 Å². The average molecular weight is 435 g/mol. The van der Waals surface area contributed by atoms with E-state index in [1.165, 1.54) is 0 Å². The van der Waals surface area contributed by atoms with Gasteiger partial charge >= 0.3 is 6.09 Å². The lowest BCUT2D eigenvalue weighted by atomic mass is 9.97. The molecule has 1 atom stereocenters. The number of nitrogens with one attached hydrogen (secondary N) is 2. The number of rotatable bonds is 7. The zero-order valence-corrected chi connectivity index (χ0v) is 19.7. The predicted molar refractivity (Wildman–Crippen MR) is 123 cm³/mol. The number of likely N-dealkylation sites (tertiary alicyclic amines) is 1. The second-order valence-electron chi connectivity index (χ2n) is 8.82. The highest BCUT2D eigenvalue weighted by molar-refractivity contribution is 5.79. The lowest BCUT2D eigenvalue weighted by Crippen LogP contribution is -2.46. The molecule has 1 saturated heterocycles. The molecule has 1 heterocycles. The number of para-hydroxylation sites is 2. The standard InChI is InChI=1S/C23H38N4O4/c1-17(30-20-10-8-7-9-19(20)29-6)15-25-21(24-5)26-16-18-11-13-27(14-12-18)22(28)31-23(2,3)4/h7-10,17-18H,11-16H2,1-6H3,(H2,24,25,26). The van der Waals surface area contributed by atoms with E-state index >= 15 is 0 Å². The lowest BCUT2D eigenvalue weighted by Gasteiger charge is -2.33. The molecule has 2 rings (SSSR count). The summed E-state index contributed by atoms with van der Waals surface area (Å²) in [7, 11) is 3.39. The van der Waals surface area contributed by atoms with E-state index in [1.54, 1.807) is 19.1 Å². The van der Waals surface area contributed by atoms with Gasteiger partial charge in [0.1, 0.15) is 11.7 Å². The van der Waals surface area contributed by atoms with Crippen LogP contribution in [0.2, 0.25) is 0 Å². The number of carbonyl (C=O) groups is 1. The Balaban J connectivity index is 1.70. The quantitative estimate of drug-likeness (QED) is 0.506. The Kier molecular flexibility index (Phi) is 9.27. The van der Waals surface area contributed by atoms with Crippen LogP contribution in [0.4, 0.5) is 4.79 Å². The predicted octanol–water partition coefficient (Wildman–Crippen LogP) is 3.27. The van der Waals surface area contributed by atoms with Crippen molar-refractivity contribution in [2.24, 2.45) is 10.9 Å². The van der Waals surface area contributed by atoms with Gasteiger partial charge in [0.05, 0.1) is 13.7 Å². The molecule has 0 aromatic heterocycles. The van der Waals surface area contributed by atoms with Gasteiger partial charge in [-0.2, -0.15) is 0 Å². The number of guanidine groups is 1. The molecule has 0 spiro atoms. The molecule has 0 radical (unpaired) electrons. The molecule has 0 saturated carbocycles. The van der Waals surface area contributed by atoms with E-state index < -0.39 is 5.60 Å². The van der Waals surface area contributed by atoms with Crippen molar-refractivity contribution in [3.05, 3.63) is 24.3 Å². The van der Waals surface area contributed by atoms with Gasteiger partial charge in [-0.05, 0) is 58.6 Å². The molecule has 174 valence electrons. The van der Waals surface area contributed by atoms with Crippen LogP contribution in [0.3, 0.4) is 0 Å². The Hall–Kier alpha value is -2.64. The van der Waals surface area contributed by atoms with Gasteiger partial charge in [-0.1, -0.05) is 12.1 Å². The number of methoxy groups -OCH3 is 1. The van der Waals surface area contributed by atoms with E-state index in [0.29, 0.717) is 12.5 Å². The van der Waals surface area contributed by atoms with Crippen LogP contribution in [0.5, 0.6) is 11.5 Å². The van der Waals surface area contributed by atoms with Crippen LogP contribution in [0.25, 0.3) is 0 Å². The first-order valence-corrected chi connectivity index (χ1v) is 10.9. The number of nitrogens with zero attached hydrogens (tertiary/aromatic N) is 2. The fourth-order valence-electron chi connectivity index (χ4n) is 3.32. The topological polar surface area (TPSA) is 84.4 Å². The largest absolute Gasteiger partial charge is 0.493 e. The van der Waals surface area contributed by atoms with Crippen molar-refractivity contribution in [1.82, 2.24) is 15.5 Å². The molecule has 1 aliphatic rings. The summed E-state index contributed by atoms with van der Waals surface area (Å²) in [6, 6.07) is 7.61. The number of aliphatic imine (C=N–C) groups is 1. The Morgan fingerprint density at radius 1 is 1.19 bits per heavy atom. The number of ether oxygens (including phenoxy) is 3. The van der Waals surface area contributed by atoms with E-state index in [0.717, 1.165) is 49.9 Å². The van der Waals surface area contributed by atoms with Gasteiger partial charge in [0.2, 0.25) is 0 Å². The summed E-state index contributed by atoms with van der Waals surface area (Å²) in [5.74, 6) is 2.66. The van der Waals surface area contributed by atoms with Crippen LogP contribution in [0, 0.1) is 5.92 Å². The minimum atomic E-state index is -0.458. The average Bonchev–Trinajstić information content (AvgIpc) is 2.73. The van der Waals surface area contributed by atoms with Crippen molar-refractivity contribution in [2.75, 3.05) is 40.3 Å². The van der Waals surface area contributed by atoms with E-state index in [9.17, 15) is 4.79 Å². The molecule has 8 heteroatoms. The number of hydrogen-bond acceptors (Lipinski definition) is 5. The Morgan fingerprint density at radius 2 is 1.84 bits per heavy atom. The maximum Gasteiger partial charge on any atom is 0.410 e. The van der Waals surface area contributed by atoms with Crippen molar-refractivity contribution in [1.29, 1.82) is 0 Å². The van der Waals surface area contributed by atoms with Crippen molar-refractivity contribution < 1.29 is 19.0 Å². The number of benzene rings is 1. The molecule has 8 nitrogen and oxygen atoms in total. The van der Waals surface area contributed by atoms with Crippen LogP contribution in [-0.4, -0.2) is 69.0 Å². The minimum absolute atomic E-state index is 0.0630. The second-order valence-corrected chi connectivity index (χ2v) is 8.82. The number of amides is 1. The molecular weight excluding hydrogens is 396 g/mol. The van der Waals surface area contributed by atoms with Gasteiger partial charge < -0.3 is 29.7 Å². The van der Waals surface area contributed by atoms with Gasteiger partial charge in [0, 0.05) is 26.7 Å². The third-order valence-corrected chi connectivity index (χ3v) is 5.00. The molecule has 2 N–H and O–H groups in total. The zero-order valence-electron chi connectivity index (χ0n) is 19.7. The fraction of sp³-hybridized carbons (Fsp3) is 0.652. The van der Waals surface area contributed by atoms with Crippen LogP contribution in [0.1, 0.15) is 40.5 Å². The summed E-state index contributed by atoms with van der Waals surface area (Å²) in [6.45, 7) is 10.5. The maximum atomic E-state index is 12.2. The van der Waals surface area contributed by atoms with E-state index in [1.807, 2.05) is 52.0 Å². The van der Waals surface area contributed by atoms with Crippen LogP contribution in [0.15, 0.2) is 29.3 Å². The summed E-state index contributed by atoms with van der Waals surface area (Å²) >= 11 is 0. The first-order chi connectivity index (χ1) is 14.7. The lowest BCUT2D eigenvalue weighted by molar-refractivity contribution is 0.0185. The number of piperidine rings is 1. The second kappa shape index (κ2) is 11.7. The van der Waals surface area contributed by atoms with Gasteiger partial charge in [0.15, 0.2) is 17.5 Å². The molecule has 31 heavy (non-hydrogen) atoms. The summed E-state index contributed by atoms with van der Waals surface area (Å²) in [5.41, 5.74) is -0.458. The van der Waals surface area contributed by atoms with Gasteiger partial charge in [-0.3, -0.25) is 4.99 Å². The molecule has 0 bridgehead atoms. The summed E-state index contributed by atoms with van der Waals surface area (Å²) in [5, 5.41) is 6.69. The maximum absolute atomic E-state index is 12.2. The number of hydrogen-bond donors (Lipinski definition) is 2. The SMILES string of the molecule is CN=C(NCC1CCN(C(=O)OC(C)(C)C)CC1)NCC(C)Oc1ccccc1OC. The third-order valence-electron chi connectivity index (χ3n) is 5.00. The first kappa shape index (κ1) is 24.6. The monoisotopic (exact) mass is 434 g/mol. The van der Waals surface area contributed by atoms with Gasteiger partial charge in [0.25, 0.3) is 0 Å². The van der Waals surface area contributed by atoms with Gasteiger partial charge in [-0.25, -0.2) is 4.79 Å². The fourth-order valence-corrected chi connectivity index (χ4v) is 3.32. The first-order valence-electron chi connectivity index (χ1n) is 10.9. The van der Waals surface area contributed by atoms with E-state index in [2.05, 4.69) is 15.6 Å². The van der Waals surface area contributed by atoms with Crippen LogP contribution >= 0.6 is 0 Å².